The molecule has 2 aromatic rings. The van der Waals surface area contributed by atoms with Gasteiger partial charge in [0.1, 0.15) is 6.26 Å². The molecule has 0 saturated heterocycles. The molecule has 0 radical (unpaired) electrons. The van der Waals surface area contributed by atoms with Crippen molar-refractivity contribution in [2.75, 3.05) is 5.32 Å². The highest BCUT2D eigenvalue weighted by Crippen LogP contribution is 2.28. The normalized spacial score (nSPS) is 17.4. The lowest BCUT2D eigenvalue weighted by atomic mass is 10.1. The molecular weight excluding hydrogens is 276 g/mol. The van der Waals surface area contributed by atoms with Crippen molar-refractivity contribution in [1.29, 1.82) is 0 Å². The van der Waals surface area contributed by atoms with Gasteiger partial charge in [-0.3, -0.25) is 4.79 Å². The Kier molecular flexibility index (Phi) is 3.84. The van der Waals surface area contributed by atoms with E-state index in [9.17, 15) is 4.79 Å². The second kappa shape index (κ2) is 5.79. The molecule has 4 heteroatoms. The van der Waals surface area contributed by atoms with Crippen LogP contribution in [0.2, 0.25) is 0 Å². The van der Waals surface area contributed by atoms with Crippen molar-refractivity contribution in [3.63, 3.8) is 0 Å². The Morgan fingerprint density at radius 1 is 1.36 bits per heavy atom. The summed E-state index contributed by atoms with van der Waals surface area (Å²) in [5.41, 5.74) is 4.88. The quantitative estimate of drug-likeness (QED) is 0.849. The van der Waals surface area contributed by atoms with E-state index in [1.807, 2.05) is 32.0 Å². The first-order chi connectivity index (χ1) is 10.5. The second-order valence-corrected chi connectivity index (χ2v) is 5.97. The van der Waals surface area contributed by atoms with Gasteiger partial charge in [0.15, 0.2) is 0 Å². The lowest BCUT2D eigenvalue weighted by Gasteiger charge is -2.11. The van der Waals surface area contributed by atoms with E-state index >= 15 is 0 Å². The summed E-state index contributed by atoms with van der Waals surface area (Å²) in [6, 6.07) is 5.81. The number of rotatable bonds is 3. The maximum absolute atomic E-state index is 12.3. The smallest absolute Gasteiger partial charge is 0.231 e. The van der Waals surface area contributed by atoms with Crippen LogP contribution >= 0.6 is 0 Å². The number of allylic oxidation sites excluding steroid dienone is 1. The molecule has 1 aliphatic carbocycles. The lowest BCUT2D eigenvalue weighted by molar-refractivity contribution is -0.118. The number of anilines is 1. The number of amides is 1. The first-order valence-corrected chi connectivity index (χ1v) is 7.54. The third-order valence-corrected chi connectivity index (χ3v) is 4.03. The third kappa shape index (κ3) is 2.96. The molecule has 0 saturated carbocycles. The van der Waals surface area contributed by atoms with Gasteiger partial charge in [-0.25, -0.2) is 4.98 Å². The molecule has 1 amide bonds. The van der Waals surface area contributed by atoms with Crippen LogP contribution in [0, 0.1) is 19.8 Å². The molecule has 0 spiro atoms. The van der Waals surface area contributed by atoms with Crippen molar-refractivity contribution in [1.82, 2.24) is 4.98 Å². The Morgan fingerprint density at radius 3 is 2.82 bits per heavy atom. The zero-order valence-corrected chi connectivity index (χ0v) is 13.1. The molecular formula is C18H22N2O2. The Bertz CT molecular complexity index is 749. The molecule has 4 nitrogen and oxygen atoms in total. The van der Waals surface area contributed by atoms with Crippen molar-refractivity contribution in [3.8, 4) is 11.5 Å². The zero-order chi connectivity index (χ0) is 15.7. The maximum Gasteiger partial charge on any atom is 0.231 e. The Labute approximate surface area is 131 Å². The Morgan fingerprint density at radius 2 is 2.18 bits per heavy atom. The molecule has 1 aliphatic rings. The van der Waals surface area contributed by atoms with Crippen molar-refractivity contribution in [2.45, 2.75) is 33.6 Å². The molecule has 116 valence electrons. The van der Waals surface area contributed by atoms with Crippen LogP contribution in [0.25, 0.3) is 11.5 Å². The summed E-state index contributed by atoms with van der Waals surface area (Å²) >= 11 is 0. The van der Waals surface area contributed by atoms with Crippen LogP contribution in [0.15, 0.2) is 40.5 Å². The number of oxazole rings is 1. The number of benzene rings is 1. The van der Waals surface area contributed by atoms with Gasteiger partial charge in [0.05, 0.1) is 11.6 Å². The fourth-order valence-electron chi connectivity index (χ4n) is 2.74. The minimum absolute atomic E-state index is 0. The molecule has 1 N–H and O–H groups in total. The number of carbonyl (C=O) groups is 1. The fraction of sp³-hybridized carbons (Fsp3) is 0.333. The van der Waals surface area contributed by atoms with Crippen LogP contribution in [0.5, 0.6) is 0 Å². The van der Waals surface area contributed by atoms with Gasteiger partial charge >= 0.3 is 0 Å². The van der Waals surface area contributed by atoms with E-state index in [0.29, 0.717) is 5.89 Å². The topological polar surface area (TPSA) is 55.1 Å². The van der Waals surface area contributed by atoms with Gasteiger partial charge in [0, 0.05) is 12.7 Å². The van der Waals surface area contributed by atoms with E-state index in [-0.39, 0.29) is 13.3 Å². The van der Waals surface area contributed by atoms with E-state index in [2.05, 4.69) is 23.3 Å². The standard InChI is InChI=1S/C18H20N2O2.H2/c1-11-4-6-14(8-11)17(21)20-15-7-5-12(2)16(9-15)18-19-13(3)10-22-18;/h5,7-10,14H,4,6H2,1-3H3,(H,20,21);1H/t14-;/m0./s1. The van der Waals surface area contributed by atoms with E-state index in [1.54, 1.807) is 6.26 Å². The summed E-state index contributed by atoms with van der Waals surface area (Å²) in [4.78, 5) is 16.7. The molecule has 1 aromatic heterocycles. The minimum atomic E-state index is -0.0197. The van der Waals surface area contributed by atoms with Crippen molar-refractivity contribution in [3.05, 3.63) is 47.4 Å². The summed E-state index contributed by atoms with van der Waals surface area (Å²) in [6.07, 6.45) is 5.59. The summed E-state index contributed by atoms with van der Waals surface area (Å²) in [6.45, 7) is 5.97. The predicted molar refractivity (Wildman–Crippen MR) is 88.6 cm³/mol. The van der Waals surface area contributed by atoms with Gasteiger partial charge < -0.3 is 9.73 Å². The van der Waals surface area contributed by atoms with E-state index in [4.69, 9.17) is 4.42 Å². The number of nitrogens with one attached hydrogen (secondary N) is 1. The van der Waals surface area contributed by atoms with Crippen LogP contribution in [-0.4, -0.2) is 10.9 Å². The van der Waals surface area contributed by atoms with Crippen LogP contribution in [0.4, 0.5) is 5.69 Å². The van der Waals surface area contributed by atoms with Gasteiger partial charge in [0.25, 0.3) is 0 Å². The molecule has 3 rings (SSSR count). The lowest BCUT2D eigenvalue weighted by Crippen LogP contribution is -2.19. The van der Waals surface area contributed by atoms with Gasteiger partial charge in [-0.1, -0.05) is 17.7 Å². The zero-order valence-electron chi connectivity index (χ0n) is 13.1. The van der Waals surface area contributed by atoms with E-state index < -0.39 is 0 Å². The molecule has 0 unspecified atom stereocenters. The molecule has 0 bridgehead atoms. The van der Waals surface area contributed by atoms with Gasteiger partial charge in [0.2, 0.25) is 11.8 Å². The first-order valence-electron chi connectivity index (χ1n) is 7.54. The monoisotopic (exact) mass is 298 g/mol. The molecule has 1 atom stereocenters. The number of aromatic nitrogens is 1. The molecule has 0 aliphatic heterocycles. The Hall–Kier alpha value is -2.36. The number of nitrogens with zero attached hydrogens (tertiary/aromatic N) is 1. The van der Waals surface area contributed by atoms with Crippen molar-refractivity contribution in [2.24, 2.45) is 5.92 Å². The van der Waals surface area contributed by atoms with Gasteiger partial charge in [-0.2, -0.15) is 0 Å². The molecule has 0 fully saturated rings. The summed E-state index contributed by atoms with van der Waals surface area (Å²) in [5.74, 6) is 0.617. The van der Waals surface area contributed by atoms with Crippen molar-refractivity contribution < 1.29 is 10.6 Å². The number of aryl methyl sites for hydroxylation is 2. The van der Waals surface area contributed by atoms with Gasteiger partial charge in [-0.15, -0.1) is 0 Å². The number of hydrogen-bond acceptors (Lipinski definition) is 3. The summed E-state index contributed by atoms with van der Waals surface area (Å²) in [7, 11) is 0. The fourth-order valence-corrected chi connectivity index (χ4v) is 2.74. The number of carbonyl (C=O) groups excluding carboxylic acids is 1. The molecule has 22 heavy (non-hydrogen) atoms. The highest BCUT2D eigenvalue weighted by molar-refractivity contribution is 5.94. The van der Waals surface area contributed by atoms with Crippen LogP contribution in [0.1, 0.15) is 32.4 Å². The Balaban J connectivity index is 0.00000192. The van der Waals surface area contributed by atoms with E-state index in [0.717, 1.165) is 35.3 Å². The summed E-state index contributed by atoms with van der Waals surface area (Å²) < 4.78 is 5.47. The molecule has 1 heterocycles. The SMILES string of the molecule is CC1=C[C@@H](C(=O)Nc2ccc(C)c(-c3nc(C)co3)c2)CC1.[HH]. The summed E-state index contributed by atoms with van der Waals surface area (Å²) in [5, 5.41) is 3.00. The van der Waals surface area contributed by atoms with Crippen LogP contribution in [-0.2, 0) is 4.79 Å². The maximum atomic E-state index is 12.3. The van der Waals surface area contributed by atoms with Crippen LogP contribution < -0.4 is 5.32 Å². The minimum Gasteiger partial charge on any atom is -0.444 e. The average Bonchev–Trinajstić information content (AvgIpc) is 3.10. The van der Waals surface area contributed by atoms with E-state index in [1.165, 1.54) is 5.57 Å². The highest BCUT2D eigenvalue weighted by atomic mass is 16.3. The van der Waals surface area contributed by atoms with Gasteiger partial charge in [-0.05, 0) is 51.3 Å². The molecule has 1 aromatic carbocycles. The highest BCUT2D eigenvalue weighted by Gasteiger charge is 2.21. The third-order valence-electron chi connectivity index (χ3n) is 4.03. The first kappa shape index (κ1) is 14.6. The number of hydrogen-bond donors (Lipinski definition) is 1. The van der Waals surface area contributed by atoms with Crippen LogP contribution in [0.3, 0.4) is 0 Å². The second-order valence-electron chi connectivity index (χ2n) is 5.97. The average molecular weight is 298 g/mol. The predicted octanol–water partition coefficient (Wildman–Crippen LogP) is 4.50. The largest absolute Gasteiger partial charge is 0.444 e. The van der Waals surface area contributed by atoms with Crippen molar-refractivity contribution >= 4 is 11.6 Å².